The Morgan fingerprint density at radius 1 is 1.53 bits per heavy atom. The molecule has 1 aromatic rings. The molecule has 0 aliphatic heterocycles. The summed E-state index contributed by atoms with van der Waals surface area (Å²) in [5, 5.41) is 8.91. The Hall–Kier alpha value is -1.42. The third-order valence-corrected chi connectivity index (χ3v) is 2.37. The Kier molecular flexibility index (Phi) is 4.77. The summed E-state index contributed by atoms with van der Waals surface area (Å²) in [5.74, 6) is -1.10. The van der Waals surface area contributed by atoms with Crippen molar-refractivity contribution in [2.45, 2.75) is 19.3 Å². The molecule has 0 aliphatic rings. The molecular weight excluding hydrogens is 192 g/mol. The molecule has 1 atom stereocenters. The molecule has 1 heterocycles. The van der Waals surface area contributed by atoms with E-state index in [1.54, 1.807) is 12.4 Å². The molecule has 1 rings (SSSR count). The maximum absolute atomic E-state index is 10.8. The minimum atomic E-state index is -0.760. The highest BCUT2D eigenvalue weighted by Crippen LogP contribution is 2.12. The Balaban J connectivity index is 2.43. The topological polar surface area (TPSA) is 76.2 Å². The van der Waals surface area contributed by atoms with Crippen molar-refractivity contribution in [2.75, 3.05) is 6.54 Å². The smallest absolute Gasteiger partial charge is 0.306 e. The van der Waals surface area contributed by atoms with Crippen LogP contribution in [0.3, 0.4) is 0 Å². The van der Waals surface area contributed by atoms with Gasteiger partial charge in [0.25, 0.3) is 0 Å². The summed E-state index contributed by atoms with van der Waals surface area (Å²) in [5.41, 5.74) is 6.43. The number of pyridine rings is 1. The van der Waals surface area contributed by atoms with Crippen LogP contribution in [0.2, 0.25) is 0 Å². The van der Waals surface area contributed by atoms with Crippen LogP contribution in [0.25, 0.3) is 0 Å². The first-order valence-corrected chi connectivity index (χ1v) is 5.06. The number of aryl methyl sites for hydroxylation is 1. The molecule has 0 aliphatic carbocycles. The molecule has 82 valence electrons. The molecule has 4 nitrogen and oxygen atoms in total. The van der Waals surface area contributed by atoms with E-state index < -0.39 is 5.97 Å². The van der Waals surface area contributed by atoms with Gasteiger partial charge in [0.05, 0.1) is 5.92 Å². The maximum Gasteiger partial charge on any atom is 0.306 e. The summed E-state index contributed by atoms with van der Waals surface area (Å²) < 4.78 is 0. The molecule has 0 saturated heterocycles. The molecule has 1 unspecified atom stereocenters. The second-order valence-electron chi connectivity index (χ2n) is 3.51. The number of hydrogen-bond acceptors (Lipinski definition) is 3. The number of aromatic nitrogens is 1. The average Bonchev–Trinajstić information content (AvgIpc) is 2.25. The number of rotatable bonds is 6. The van der Waals surface area contributed by atoms with Gasteiger partial charge >= 0.3 is 5.97 Å². The van der Waals surface area contributed by atoms with Gasteiger partial charge in [0.1, 0.15) is 0 Å². The zero-order valence-corrected chi connectivity index (χ0v) is 8.60. The van der Waals surface area contributed by atoms with Gasteiger partial charge in [-0.2, -0.15) is 0 Å². The molecular formula is C11H16N2O2. The normalized spacial score (nSPS) is 12.3. The highest BCUT2D eigenvalue weighted by Gasteiger charge is 2.15. The minimum Gasteiger partial charge on any atom is -0.481 e. The van der Waals surface area contributed by atoms with E-state index in [4.69, 9.17) is 10.8 Å². The number of carboxylic acid groups (broad SMARTS) is 1. The van der Waals surface area contributed by atoms with Crippen LogP contribution in [0.1, 0.15) is 18.4 Å². The van der Waals surface area contributed by atoms with Crippen LogP contribution in [0.5, 0.6) is 0 Å². The van der Waals surface area contributed by atoms with Crippen molar-refractivity contribution < 1.29 is 9.90 Å². The van der Waals surface area contributed by atoms with E-state index in [0.717, 1.165) is 12.0 Å². The van der Waals surface area contributed by atoms with Crippen molar-refractivity contribution in [3.63, 3.8) is 0 Å². The largest absolute Gasteiger partial charge is 0.481 e. The van der Waals surface area contributed by atoms with Crippen LogP contribution < -0.4 is 5.73 Å². The lowest BCUT2D eigenvalue weighted by Gasteiger charge is -2.10. The number of hydrogen-bond donors (Lipinski definition) is 2. The number of carbonyl (C=O) groups is 1. The summed E-state index contributed by atoms with van der Waals surface area (Å²) in [6.07, 6.45) is 5.37. The van der Waals surface area contributed by atoms with Gasteiger partial charge in [-0.05, 0) is 37.4 Å². The van der Waals surface area contributed by atoms with E-state index in [1.807, 2.05) is 12.1 Å². The Bertz CT molecular complexity index is 301. The highest BCUT2D eigenvalue weighted by molar-refractivity contribution is 5.69. The number of carboxylic acids is 1. The predicted molar refractivity (Wildman–Crippen MR) is 57.4 cm³/mol. The fraction of sp³-hybridized carbons (Fsp3) is 0.455. The predicted octanol–water partition coefficient (Wildman–Crippen LogP) is 1.06. The molecule has 0 aromatic carbocycles. The lowest BCUT2D eigenvalue weighted by molar-refractivity contribution is -0.142. The Morgan fingerprint density at radius 3 is 2.87 bits per heavy atom. The van der Waals surface area contributed by atoms with Gasteiger partial charge in [-0.15, -0.1) is 0 Å². The van der Waals surface area contributed by atoms with Gasteiger partial charge in [0, 0.05) is 12.4 Å². The summed E-state index contributed by atoms with van der Waals surface area (Å²) >= 11 is 0. The monoisotopic (exact) mass is 208 g/mol. The molecule has 0 spiro atoms. The fourth-order valence-corrected chi connectivity index (χ4v) is 1.48. The maximum atomic E-state index is 10.8. The number of aliphatic carboxylic acids is 1. The number of nitrogens with zero attached hydrogens (tertiary/aromatic N) is 1. The van der Waals surface area contributed by atoms with Crippen molar-refractivity contribution >= 4 is 5.97 Å². The second kappa shape index (κ2) is 6.14. The van der Waals surface area contributed by atoms with Gasteiger partial charge < -0.3 is 10.8 Å². The Morgan fingerprint density at radius 2 is 2.33 bits per heavy atom. The fourth-order valence-electron chi connectivity index (χ4n) is 1.48. The molecule has 3 N–H and O–H groups in total. The minimum absolute atomic E-state index is 0.338. The Labute approximate surface area is 89.1 Å². The molecule has 4 heteroatoms. The van der Waals surface area contributed by atoms with Gasteiger partial charge in [-0.1, -0.05) is 6.07 Å². The van der Waals surface area contributed by atoms with Crippen molar-refractivity contribution in [2.24, 2.45) is 11.7 Å². The molecule has 0 bridgehead atoms. The van der Waals surface area contributed by atoms with Crippen molar-refractivity contribution in [1.29, 1.82) is 0 Å². The van der Waals surface area contributed by atoms with Crippen molar-refractivity contribution in [1.82, 2.24) is 4.98 Å². The number of nitrogens with two attached hydrogens (primary N) is 1. The third-order valence-electron chi connectivity index (χ3n) is 2.37. The van der Waals surface area contributed by atoms with Crippen LogP contribution in [-0.2, 0) is 11.2 Å². The van der Waals surface area contributed by atoms with Gasteiger partial charge in [0.15, 0.2) is 0 Å². The second-order valence-corrected chi connectivity index (χ2v) is 3.51. The standard InChI is InChI=1S/C11H16N2O2/c12-6-5-10(11(14)15)4-3-9-2-1-7-13-8-9/h1-2,7-8,10H,3-6,12H2,(H,14,15). The van der Waals surface area contributed by atoms with Crippen LogP contribution in [0.15, 0.2) is 24.5 Å². The summed E-state index contributed by atoms with van der Waals surface area (Å²) in [4.78, 5) is 14.8. The lowest BCUT2D eigenvalue weighted by Crippen LogP contribution is -2.18. The summed E-state index contributed by atoms with van der Waals surface area (Å²) in [6.45, 7) is 0.421. The zero-order valence-electron chi connectivity index (χ0n) is 8.60. The first kappa shape index (κ1) is 11.7. The van der Waals surface area contributed by atoms with E-state index in [2.05, 4.69) is 4.98 Å². The summed E-state index contributed by atoms with van der Waals surface area (Å²) in [7, 11) is 0. The van der Waals surface area contributed by atoms with Gasteiger partial charge in [-0.25, -0.2) is 0 Å². The van der Waals surface area contributed by atoms with Gasteiger partial charge in [0.2, 0.25) is 0 Å². The quantitative estimate of drug-likeness (QED) is 0.733. The average molecular weight is 208 g/mol. The molecule has 15 heavy (non-hydrogen) atoms. The first-order valence-electron chi connectivity index (χ1n) is 5.06. The SMILES string of the molecule is NCCC(CCc1cccnc1)C(=O)O. The van der Waals surface area contributed by atoms with Gasteiger partial charge in [-0.3, -0.25) is 9.78 Å². The van der Waals surface area contributed by atoms with E-state index in [9.17, 15) is 4.79 Å². The van der Waals surface area contributed by atoms with Crippen LogP contribution in [0, 0.1) is 5.92 Å². The molecule has 0 amide bonds. The molecule has 0 saturated carbocycles. The van der Waals surface area contributed by atoms with Crippen molar-refractivity contribution in [3.8, 4) is 0 Å². The van der Waals surface area contributed by atoms with Crippen LogP contribution in [-0.4, -0.2) is 22.6 Å². The zero-order chi connectivity index (χ0) is 11.1. The third kappa shape index (κ3) is 4.08. The van der Waals surface area contributed by atoms with E-state index in [0.29, 0.717) is 19.4 Å². The van der Waals surface area contributed by atoms with E-state index in [-0.39, 0.29) is 5.92 Å². The van der Waals surface area contributed by atoms with Crippen molar-refractivity contribution in [3.05, 3.63) is 30.1 Å². The van der Waals surface area contributed by atoms with Crippen LogP contribution >= 0.6 is 0 Å². The highest BCUT2D eigenvalue weighted by atomic mass is 16.4. The molecule has 0 radical (unpaired) electrons. The molecule has 0 fully saturated rings. The molecule has 1 aromatic heterocycles. The lowest BCUT2D eigenvalue weighted by atomic mass is 9.97. The first-order chi connectivity index (χ1) is 7.24. The summed E-state index contributed by atoms with van der Waals surface area (Å²) in [6, 6.07) is 3.81. The van der Waals surface area contributed by atoms with Crippen LogP contribution in [0.4, 0.5) is 0 Å². The van der Waals surface area contributed by atoms with E-state index >= 15 is 0 Å². The van der Waals surface area contributed by atoms with E-state index in [1.165, 1.54) is 0 Å².